The Labute approximate surface area is 110 Å². The van der Waals surface area contributed by atoms with E-state index in [4.69, 9.17) is 10.1 Å². The summed E-state index contributed by atoms with van der Waals surface area (Å²) in [7, 11) is 1.59. The van der Waals surface area contributed by atoms with E-state index in [-0.39, 0.29) is 0 Å². The lowest BCUT2D eigenvalue weighted by Crippen LogP contribution is -2.07. The number of hydrogen-bond donors (Lipinski definition) is 0. The molecule has 19 heavy (non-hydrogen) atoms. The summed E-state index contributed by atoms with van der Waals surface area (Å²) in [5.41, 5.74) is 3.16. The van der Waals surface area contributed by atoms with Crippen LogP contribution in [-0.4, -0.2) is 16.8 Å². The quantitative estimate of drug-likeness (QED) is 0.701. The van der Waals surface area contributed by atoms with E-state index in [2.05, 4.69) is 11.1 Å². The number of benzene rings is 2. The Morgan fingerprint density at radius 3 is 2.63 bits per heavy atom. The van der Waals surface area contributed by atoms with Crippen LogP contribution >= 0.6 is 0 Å². The van der Waals surface area contributed by atoms with Crippen LogP contribution in [0, 0.1) is 11.3 Å². The third-order valence-corrected chi connectivity index (χ3v) is 2.96. The first-order valence-electron chi connectivity index (χ1n) is 5.86. The maximum absolute atomic E-state index is 8.96. The van der Waals surface area contributed by atoms with Crippen LogP contribution in [0.2, 0.25) is 0 Å². The van der Waals surface area contributed by atoms with Gasteiger partial charge in [0.15, 0.2) is 5.82 Å². The average Bonchev–Trinajstić information content (AvgIpc) is 2.85. The molecule has 0 radical (unpaired) electrons. The van der Waals surface area contributed by atoms with Crippen LogP contribution in [0.4, 0.5) is 0 Å². The zero-order valence-corrected chi connectivity index (χ0v) is 10.4. The third-order valence-electron chi connectivity index (χ3n) is 2.96. The van der Waals surface area contributed by atoms with Crippen molar-refractivity contribution >= 4 is 11.0 Å². The molecule has 2 aromatic carbocycles. The first-order valence-corrected chi connectivity index (χ1v) is 5.86. The molecule has 0 fully saturated rings. The second-order valence-electron chi connectivity index (χ2n) is 4.09. The van der Waals surface area contributed by atoms with Crippen molar-refractivity contribution in [1.29, 1.82) is 5.26 Å². The van der Waals surface area contributed by atoms with Crippen molar-refractivity contribution in [3.63, 3.8) is 0 Å². The maximum atomic E-state index is 8.96. The highest BCUT2D eigenvalue weighted by Crippen LogP contribution is 2.24. The number of imidazole rings is 1. The molecule has 4 heteroatoms. The molecular weight excluding hydrogens is 238 g/mol. The van der Waals surface area contributed by atoms with Crippen molar-refractivity contribution in [2.75, 3.05) is 7.11 Å². The summed E-state index contributed by atoms with van der Waals surface area (Å²) in [4.78, 5) is 9.95. The first kappa shape index (κ1) is 11.3. The van der Waals surface area contributed by atoms with E-state index in [1.807, 2.05) is 36.4 Å². The Morgan fingerprint density at radius 1 is 1.16 bits per heavy atom. The molecule has 0 saturated carbocycles. The molecule has 0 N–H and O–H groups in total. The predicted octanol–water partition coefficient (Wildman–Crippen LogP) is 2.63. The second-order valence-corrected chi connectivity index (χ2v) is 4.09. The SMILES string of the molecule is COn1c(-c2ccccc2)nc2ccc(C#N)cc21. The highest BCUT2D eigenvalue weighted by atomic mass is 16.6. The van der Waals surface area contributed by atoms with E-state index in [0.717, 1.165) is 22.4 Å². The third kappa shape index (κ3) is 1.81. The fourth-order valence-electron chi connectivity index (χ4n) is 2.08. The van der Waals surface area contributed by atoms with Gasteiger partial charge in [0.05, 0.1) is 17.1 Å². The Balaban J connectivity index is 2.29. The summed E-state index contributed by atoms with van der Waals surface area (Å²) in [6, 6.07) is 17.3. The molecule has 0 amide bonds. The number of aromatic nitrogens is 2. The van der Waals surface area contributed by atoms with Crippen molar-refractivity contribution < 1.29 is 4.84 Å². The van der Waals surface area contributed by atoms with E-state index in [1.54, 1.807) is 24.0 Å². The summed E-state index contributed by atoms with van der Waals surface area (Å²) in [6.07, 6.45) is 0. The summed E-state index contributed by atoms with van der Waals surface area (Å²) < 4.78 is 1.64. The van der Waals surface area contributed by atoms with E-state index < -0.39 is 0 Å². The van der Waals surface area contributed by atoms with Crippen molar-refractivity contribution in [3.8, 4) is 17.5 Å². The van der Waals surface area contributed by atoms with E-state index in [9.17, 15) is 0 Å². The van der Waals surface area contributed by atoms with Crippen molar-refractivity contribution in [2.45, 2.75) is 0 Å². The van der Waals surface area contributed by atoms with Crippen molar-refractivity contribution in [1.82, 2.24) is 9.71 Å². The van der Waals surface area contributed by atoms with Gasteiger partial charge in [-0.2, -0.15) is 9.99 Å². The topological polar surface area (TPSA) is 50.8 Å². The zero-order valence-electron chi connectivity index (χ0n) is 10.4. The molecule has 3 rings (SSSR count). The number of nitrogens with zero attached hydrogens (tertiary/aromatic N) is 3. The lowest BCUT2D eigenvalue weighted by molar-refractivity contribution is 0.182. The molecule has 0 aliphatic heterocycles. The molecule has 0 saturated heterocycles. The van der Waals surface area contributed by atoms with Crippen LogP contribution in [0.15, 0.2) is 48.5 Å². The number of fused-ring (bicyclic) bond motifs is 1. The van der Waals surface area contributed by atoms with Crippen LogP contribution in [-0.2, 0) is 0 Å². The van der Waals surface area contributed by atoms with Crippen molar-refractivity contribution in [2.24, 2.45) is 0 Å². The molecule has 92 valence electrons. The Morgan fingerprint density at radius 2 is 1.95 bits per heavy atom. The zero-order chi connectivity index (χ0) is 13.2. The van der Waals surface area contributed by atoms with E-state index in [0.29, 0.717) is 5.56 Å². The number of rotatable bonds is 2. The average molecular weight is 249 g/mol. The molecular formula is C15H11N3O. The lowest BCUT2D eigenvalue weighted by atomic mass is 10.2. The van der Waals surface area contributed by atoms with Crippen molar-refractivity contribution in [3.05, 3.63) is 54.1 Å². The van der Waals surface area contributed by atoms with Gasteiger partial charge in [0, 0.05) is 5.56 Å². The van der Waals surface area contributed by atoms with E-state index in [1.165, 1.54) is 0 Å². The second kappa shape index (κ2) is 4.46. The fraction of sp³-hybridized carbons (Fsp3) is 0.0667. The highest BCUT2D eigenvalue weighted by Gasteiger charge is 2.13. The van der Waals surface area contributed by atoms with Crippen LogP contribution in [0.1, 0.15) is 5.56 Å². The largest absolute Gasteiger partial charge is 0.415 e. The lowest BCUT2D eigenvalue weighted by Gasteiger charge is -2.06. The summed E-state index contributed by atoms with van der Waals surface area (Å²) in [5.74, 6) is 0.730. The minimum atomic E-state index is 0.588. The van der Waals surface area contributed by atoms with Gasteiger partial charge in [-0.1, -0.05) is 30.3 Å². The van der Waals surface area contributed by atoms with Crippen LogP contribution < -0.4 is 4.84 Å². The number of hydrogen-bond acceptors (Lipinski definition) is 3. The minimum absolute atomic E-state index is 0.588. The maximum Gasteiger partial charge on any atom is 0.176 e. The molecule has 3 aromatic rings. The van der Waals surface area contributed by atoms with Gasteiger partial charge in [-0.15, -0.1) is 0 Å². The summed E-state index contributed by atoms with van der Waals surface area (Å²) in [6.45, 7) is 0. The minimum Gasteiger partial charge on any atom is -0.415 e. The first-order chi connectivity index (χ1) is 9.33. The molecule has 1 aromatic heterocycles. The van der Waals surface area contributed by atoms with Gasteiger partial charge < -0.3 is 4.84 Å². The molecule has 0 unspecified atom stereocenters. The van der Waals surface area contributed by atoms with Gasteiger partial charge >= 0.3 is 0 Å². The fourth-order valence-corrected chi connectivity index (χ4v) is 2.08. The number of nitriles is 1. The standard InChI is InChI=1S/C15H11N3O/c1-19-18-14-9-11(10-16)7-8-13(14)17-15(18)12-5-3-2-4-6-12/h2-9H,1H3. The van der Waals surface area contributed by atoms with Gasteiger partial charge in [0.1, 0.15) is 12.6 Å². The Hall–Kier alpha value is -2.80. The molecule has 0 spiro atoms. The molecule has 4 nitrogen and oxygen atoms in total. The monoisotopic (exact) mass is 249 g/mol. The van der Waals surface area contributed by atoms with Crippen LogP contribution in [0.25, 0.3) is 22.4 Å². The van der Waals surface area contributed by atoms with Gasteiger partial charge in [-0.05, 0) is 18.2 Å². The Bertz CT molecular complexity index is 769. The van der Waals surface area contributed by atoms with Crippen LogP contribution in [0.3, 0.4) is 0 Å². The normalized spacial score (nSPS) is 10.3. The summed E-state index contributed by atoms with van der Waals surface area (Å²) >= 11 is 0. The molecule has 0 atom stereocenters. The van der Waals surface area contributed by atoms with Gasteiger partial charge in [0.25, 0.3) is 0 Å². The smallest absolute Gasteiger partial charge is 0.176 e. The van der Waals surface area contributed by atoms with Gasteiger partial charge in [0.2, 0.25) is 0 Å². The highest BCUT2D eigenvalue weighted by molar-refractivity contribution is 5.81. The molecule has 0 aliphatic rings. The van der Waals surface area contributed by atoms with E-state index >= 15 is 0 Å². The molecule has 0 aliphatic carbocycles. The Kier molecular flexibility index (Phi) is 2.66. The predicted molar refractivity (Wildman–Crippen MR) is 72.4 cm³/mol. The molecule has 0 bridgehead atoms. The van der Waals surface area contributed by atoms with Gasteiger partial charge in [-0.3, -0.25) is 0 Å². The van der Waals surface area contributed by atoms with Gasteiger partial charge in [-0.25, -0.2) is 4.98 Å². The van der Waals surface area contributed by atoms with Crippen LogP contribution in [0.5, 0.6) is 0 Å². The molecule has 1 heterocycles. The summed E-state index contributed by atoms with van der Waals surface area (Å²) in [5, 5.41) is 8.96.